The first-order valence-corrected chi connectivity index (χ1v) is 12.8. The molecule has 11 nitrogen and oxygen atoms in total. The van der Waals surface area contributed by atoms with Gasteiger partial charge in [0.15, 0.2) is 6.29 Å². The Labute approximate surface area is 237 Å². The van der Waals surface area contributed by atoms with Crippen molar-refractivity contribution in [2.24, 2.45) is 0 Å². The molecule has 0 spiro atoms. The van der Waals surface area contributed by atoms with Crippen LogP contribution in [0.3, 0.4) is 0 Å². The van der Waals surface area contributed by atoms with Crippen molar-refractivity contribution in [2.75, 3.05) is 17.7 Å². The van der Waals surface area contributed by atoms with Gasteiger partial charge in [0.05, 0.1) is 5.56 Å². The molecule has 41 heavy (non-hydrogen) atoms. The molecule has 3 aromatic rings. The number of benzene rings is 1. The number of nitrogens with zero attached hydrogens (tertiary/aromatic N) is 3. The summed E-state index contributed by atoms with van der Waals surface area (Å²) in [6.07, 6.45) is 12.0. The van der Waals surface area contributed by atoms with Gasteiger partial charge in [0.2, 0.25) is 11.9 Å². The quantitative estimate of drug-likeness (QED) is 0.195. The average molecular weight is 552 g/mol. The third-order valence-corrected chi connectivity index (χ3v) is 5.83. The second-order valence-corrected chi connectivity index (χ2v) is 8.70. The van der Waals surface area contributed by atoms with Gasteiger partial charge < -0.3 is 26.0 Å². The maximum absolute atomic E-state index is 11.8. The molecule has 4 rings (SSSR count). The summed E-state index contributed by atoms with van der Waals surface area (Å²) in [7, 11) is 1.53. The summed E-state index contributed by atoms with van der Waals surface area (Å²) in [4.78, 5) is 48.2. The van der Waals surface area contributed by atoms with Gasteiger partial charge in [-0.25, -0.2) is 4.98 Å². The van der Waals surface area contributed by atoms with Crippen LogP contribution in [0.25, 0.3) is 0 Å². The summed E-state index contributed by atoms with van der Waals surface area (Å²) in [6, 6.07) is 10.3. The van der Waals surface area contributed by atoms with Gasteiger partial charge >= 0.3 is 0 Å². The Balaban J connectivity index is 1.50. The van der Waals surface area contributed by atoms with Gasteiger partial charge in [-0.2, -0.15) is 4.98 Å². The van der Waals surface area contributed by atoms with E-state index >= 15 is 0 Å². The number of hydrogen-bond acceptors (Lipinski definition) is 9. The van der Waals surface area contributed by atoms with Crippen molar-refractivity contribution in [3.8, 4) is 11.5 Å². The standard InChI is InChI=1S/C30H29N7O4/c1-4-6-19-7-8-22(34-27(39)5-2)15-25(19)36-28-20(18-38)17-33-30(37-28)35-21-9-11-23(12-10-21)41-24-13-14-32-26(16-24)29(40)31-3/h5-6,8-18H,2,4,7H2,1,3H3,(H,31,40)(H,34,39)(H2,33,35,36,37). The molecule has 2 heterocycles. The maximum atomic E-state index is 11.8. The van der Waals surface area contributed by atoms with E-state index in [0.717, 1.165) is 12.0 Å². The van der Waals surface area contributed by atoms with Crippen LogP contribution in [0.2, 0.25) is 0 Å². The Morgan fingerprint density at radius 3 is 2.61 bits per heavy atom. The molecule has 1 aliphatic rings. The topological polar surface area (TPSA) is 147 Å². The smallest absolute Gasteiger partial charge is 0.269 e. The fourth-order valence-corrected chi connectivity index (χ4v) is 3.84. The van der Waals surface area contributed by atoms with Gasteiger partial charge in [-0.05, 0) is 60.9 Å². The molecule has 11 heteroatoms. The third-order valence-electron chi connectivity index (χ3n) is 5.83. The van der Waals surface area contributed by atoms with E-state index < -0.39 is 0 Å². The molecule has 1 aromatic carbocycles. The second kappa shape index (κ2) is 13.5. The normalized spacial score (nSPS) is 13.4. The van der Waals surface area contributed by atoms with Gasteiger partial charge in [0.1, 0.15) is 23.0 Å². The molecule has 0 aliphatic heterocycles. The molecular weight excluding hydrogens is 522 g/mol. The molecule has 0 fully saturated rings. The molecule has 4 N–H and O–H groups in total. The fraction of sp³-hybridized carbons (Fsp3) is 0.133. The summed E-state index contributed by atoms with van der Waals surface area (Å²) < 4.78 is 5.85. The predicted octanol–water partition coefficient (Wildman–Crippen LogP) is 4.80. The van der Waals surface area contributed by atoms with Gasteiger partial charge in [0.25, 0.3) is 5.91 Å². The Bertz CT molecular complexity index is 1560. The average Bonchev–Trinajstić information content (AvgIpc) is 2.99. The van der Waals surface area contributed by atoms with Crippen LogP contribution in [0.15, 0.2) is 96.6 Å². The number of hydrogen-bond donors (Lipinski definition) is 4. The molecular formula is C30H29N7O4. The van der Waals surface area contributed by atoms with Crippen molar-refractivity contribution >= 4 is 35.6 Å². The Morgan fingerprint density at radius 1 is 1.10 bits per heavy atom. The fourth-order valence-electron chi connectivity index (χ4n) is 3.84. The number of carbonyl (C=O) groups excluding carboxylic acids is 3. The van der Waals surface area contributed by atoms with Crippen LogP contribution in [0.4, 0.5) is 17.5 Å². The zero-order valence-electron chi connectivity index (χ0n) is 22.6. The van der Waals surface area contributed by atoms with Crippen LogP contribution in [-0.4, -0.2) is 40.1 Å². The zero-order valence-corrected chi connectivity index (χ0v) is 22.6. The van der Waals surface area contributed by atoms with E-state index in [-0.39, 0.29) is 29.0 Å². The first-order chi connectivity index (χ1) is 19.9. The lowest BCUT2D eigenvalue weighted by atomic mass is 10.0. The second-order valence-electron chi connectivity index (χ2n) is 8.70. The highest BCUT2D eigenvalue weighted by atomic mass is 16.5. The van der Waals surface area contributed by atoms with Crippen LogP contribution in [0, 0.1) is 0 Å². The van der Waals surface area contributed by atoms with E-state index in [2.05, 4.69) is 48.9 Å². The van der Waals surface area contributed by atoms with Crippen LogP contribution in [-0.2, 0) is 4.79 Å². The molecule has 2 amide bonds. The van der Waals surface area contributed by atoms with E-state index in [0.29, 0.717) is 47.1 Å². The van der Waals surface area contributed by atoms with Crippen molar-refractivity contribution in [3.63, 3.8) is 0 Å². The molecule has 1 aliphatic carbocycles. The highest BCUT2D eigenvalue weighted by molar-refractivity contribution is 5.92. The summed E-state index contributed by atoms with van der Waals surface area (Å²) in [5, 5.41) is 11.7. The number of pyridine rings is 1. The molecule has 208 valence electrons. The van der Waals surface area contributed by atoms with Crippen molar-refractivity contribution in [1.82, 2.24) is 25.6 Å². The highest BCUT2D eigenvalue weighted by Crippen LogP contribution is 2.27. The number of anilines is 3. The van der Waals surface area contributed by atoms with E-state index in [9.17, 15) is 14.4 Å². The lowest BCUT2D eigenvalue weighted by molar-refractivity contribution is -0.115. The number of ether oxygens (including phenoxy) is 1. The Kier molecular flexibility index (Phi) is 9.34. The van der Waals surface area contributed by atoms with Crippen molar-refractivity contribution in [3.05, 3.63) is 108 Å². The lowest BCUT2D eigenvalue weighted by Gasteiger charge is -2.20. The van der Waals surface area contributed by atoms with Crippen LogP contribution in [0.1, 0.15) is 40.6 Å². The predicted molar refractivity (Wildman–Crippen MR) is 156 cm³/mol. The largest absolute Gasteiger partial charge is 0.457 e. The van der Waals surface area contributed by atoms with Crippen LogP contribution in [0.5, 0.6) is 11.5 Å². The molecule has 0 atom stereocenters. The molecule has 0 saturated carbocycles. The first-order valence-electron chi connectivity index (χ1n) is 12.8. The lowest BCUT2D eigenvalue weighted by Crippen LogP contribution is -2.22. The highest BCUT2D eigenvalue weighted by Gasteiger charge is 2.16. The number of aromatic nitrogens is 3. The minimum Gasteiger partial charge on any atom is -0.457 e. The molecule has 0 radical (unpaired) electrons. The van der Waals surface area contributed by atoms with E-state index in [1.165, 1.54) is 25.5 Å². The number of amides is 2. The number of nitrogens with one attached hydrogen (secondary N) is 4. The minimum absolute atomic E-state index is 0.249. The zero-order chi connectivity index (χ0) is 29.2. The minimum atomic E-state index is -0.317. The summed E-state index contributed by atoms with van der Waals surface area (Å²) in [5.41, 5.74) is 3.53. The van der Waals surface area contributed by atoms with Gasteiger partial charge in [-0.15, -0.1) is 0 Å². The molecule has 0 unspecified atom stereocenters. The molecule has 0 bridgehead atoms. The monoisotopic (exact) mass is 551 g/mol. The Hall–Kier alpha value is -5.58. The van der Waals surface area contributed by atoms with Crippen LogP contribution < -0.4 is 26.0 Å². The van der Waals surface area contributed by atoms with Gasteiger partial charge in [0, 0.05) is 42.6 Å². The van der Waals surface area contributed by atoms with Gasteiger partial charge in [-0.3, -0.25) is 19.4 Å². The van der Waals surface area contributed by atoms with Gasteiger partial charge in [-0.1, -0.05) is 25.7 Å². The Morgan fingerprint density at radius 2 is 1.90 bits per heavy atom. The number of rotatable bonds is 11. The maximum Gasteiger partial charge on any atom is 0.269 e. The third kappa shape index (κ3) is 7.51. The van der Waals surface area contributed by atoms with Crippen molar-refractivity contribution in [2.45, 2.75) is 19.8 Å². The summed E-state index contributed by atoms with van der Waals surface area (Å²) in [6.45, 7) is 5.52. The van der Waals surface area contributed by atoms with E-state index in [1.54, 1.807) is 42.5 Å². The first kappa shape index (κ1) is 28.4. The van der Waals surface area contributed by atoms with E-state index in [1.807, 2.05) is 13.0 Å². The van der Waals surface area contributed by atoms with Crippen molar-refractivity contribution in [1.29, 1.82) is 0 Å². The molecule has 0 saturated heterocycles. The van der Waals surface area contributed by atoms with Crippen LogP contribution >= 0.6 is 0 Å². The molecule has 2 aromatic heterocycles. The summed E-state index contributed by atoms with van der Waals surface area (Å²) >= 11 is 0. The number of aldehydes is 1. The van der Waals surface area contributed by atoms with Crippen molar-refractivity contribution < 1.29 is 19.1 Å². The van der Waals surface area contributed by atoms with E-state index in [4.69, 9.17) is 4.74 Å². The summed E-state index contributed by atoms with van der Waals surface area (Å²) in [5.74, 6) is 0.978. The number of allylic oxidation sites excluding steroid dienone is 4. The number of carbonyl (C=O) groups is 3. The SMILES string of the molecule is C=CC(=O)NC1=CCC(=CCC)C(Nc2nc(Nc3ccc(Oc4ccnc(C(=O)NC)c4)cc3)ncc2C=O)=C1.